The smallest absolute Gasteiger partial charge is 0.220 e. The lowest BCUT2D eigenvalue weighted by Gasteiger charge is -2.22. The average molecular weight is 1000 g/mol. The SMILES string of the molecule is CCCCCCCCCC/C=C\CCCCCCCCCCCCCCCCCCCCCC(=O)NC(CO)C(O)CCCCCCCCCCCCCCCCCCCCCCCCCCCCCC. The number of hydrogen-bond donors (Lipinski definition) is 3. The van der Waals surface area contributed by atoms with Crippen LogP contribution in [0.5, 0.6) is 0 Å². The van der Waals surface area contributed by atoms with Gasteiger partial charge in [0.25, 0.3) is 0 Å². The van der Waals surface area contributed by atoms with Crippen molar-refractivity contribution >= 4 is 5.91 Å². The normalized spacial score (nSPS) is 12.7. The van der Waals surface area contributed by atoms with Gasteiger partial charge in [0.2, 0.25) is 5.91 Å². The maximum Gasteiger partial charge on any atom is 0.220 e. The van der Waals surface area contributed by atoms with E-state index in [1.165, 1.54) is 340 Å². The first-order valence-corrected chi connectivity index (χ1v) is 33.4. The van der Waals surface area contributed by atoms with Gasteiger partial charge in [0, 0.05) is 6.42 Å². The molecule has 2 unspecified atom stereocenters. The van der Waals surface area contributed by atoms with Gasteiger partial charge in [-0.3, -0.25) is 4.79 Å². The standard InChI is InChI=1S/C67H133NO3/c1-3-5-7-9-11-13-15-17-19-21-23-25-27-29-31-33-34-35-37-39-41-43-45-47-49-51-53-55-57-59-61-63-67(71)68-65(64-69)66(70)62-60-58-56-54-52-50-48-46-44-42-40-38-36-32-30-28-26-24-22-20-18-16-14-12-10-8-6-4-2/h21,23,65-66,69-70H,3-20,22,24-64H2,1-2H3,(H,68,71)/b23-21-. The molecule has 1 amide bonds. The van der Waals surface area contributed by atoms with Crippen LogP contribution in [0.3, 0.4) is 0 Å². The molecular formula is C67H133NO3. The number of aliphatic hydroxyl groups is 2. The highest BCUT2D eigenvalue weighted by atomic mass is 16.3. The summed E-state index contributed by atoms with van der Waals surface area (Å²) in [6.07, 6.45) is 84.0. The maximum atomic E-state index is 12.5. The Morgan fingerprint density at radius 3 is 0.775 bits per heavy atom. The molecule has 3 N–H and O–H groups in total. The van der Waals surface area contributed by atoms with Crippen molar-refractivity contribution in [2.24, 2.45) is 0 Å². The minimum absolute atomic E-state index is 0.0213. The Balaban J connectivity index is 3.38. The molecule has 0 rings (SSSR count). The van der Waals surface area contributed by atoms with Gasteiger partial charge >= 0.3 is 0 Å². The van der Waals surface area contributed by atoms with Crippen LogP contribution in [-0.4, -0.2) is 34.9 Å². The fourth-order valence-corrected chi connectivity index (χ4v) is 11.0. The second-order valence-corrected chi connectivity index (χ2v) is 23.2. The predicted molar refractivity (Wildman–Crippen MR) is 318 cm³/mol. The molecule has 0 aromatic rings. The van der Waals surface area contributed by atoms with Gasteiger partial charge in [-0.2, -0.15) is 0 Å². The molecule has 4 nitrogen and oxygen atoms in total. The molecule has 0 fully saturated rings. The van der Waals surface area contributed by atoms with Crippen LogP contribution in [0.4, 0.5) is 0 Å². The number of carbonyl (C=O) groups is 1. The monoisotopic (exact) mass is 1000 g/mol. The highest BCUT2D eigenvalue weighted by Gasteiger charge is 2.20. The Kier molecular flexibility index (Phi) is 62.6. The summed E-state index contributed by atoms with van der Waals surface area (Å²) in [4.78, 5) is 12.5. The predicted octanol–water partition coefficient (Wildman–Crippen LogP) is 22.4. The third kappa shape index (κ3) is 59.9. The van der Waals surface area contributed by atoms with Crippen molar-refractivity contribution in [1.29, 1.82) is 0 Å². The molecule has 71 heavy (non-hydrogen) atoms. The van der Waals surface area contributed by atoms with Crippen LogP contribution in [-0.2, 0) is 4.79 Å². The molecule has 0 saturated carbocycles. The van der Waals surface area contributed by atoms with E-state index < -0.39 is 12.1 Å². The largest absolute Gasteiger partial charge is 0.394 e. The highest BCUT2D eigenvalue weighted by molar-refractivity contribution is 5.76. The Morgan fingerprint density at radius 1 is 0.324 bits per heavy atom. The molecule has 0 aliphatic rings. The number of unbranched alkanes of at least 4 members (excludes halogenated alkanes) is 54. The van der Waals surface area contributed by atoms with E-state index in [2.05, 4.69) is 31.3 Å². The number of allylic oxidation sites excluding steroid dienone is 2. The molecule has 0 aliphatic heterocycles. The third-order valence-electron chi connectivity index (χ3n) is 16.0. The summed E-state index contributed by atoms with van der Waals surface area (Å²) in [5.41, 5.74) is 0. The van der Waals surface area contributed by atoms with Gasteiger partial charge in [-0.1, -0.05) is 360 Å². The van der Waals surface area contributed by atoms with Crippen LogP contribution in [0.1, 0.15) is 393 Å². The third-order valence-corrected chi connectivity index (χ3v) is 16.0. The van der Waals surface area contributed by atoms with E-state index in [0.29, 0.717) is 12.8 Å². The van der Waals surface area contributed by atoms with Gasteiger partial charge < -0.3 is 15.5 Å². The van der Waals surface area contributed by atoms with E-state index in [1.54, 1.807) is 0 Å². The zero-order valence-corrected chi connectivity index (χ0v) is 49.0. The van der Waals surface area contributed by atoms with E-state index >= 15 is 0 Å². The van der Waals surface area contributed by atoms with E-state index in [-0.39, 0.29) is 12.5 Å². The van der Waals surface area contributed by atoms with Gasteiger partial charge in [0.1, 0.15) is 0 Å². The number of amides is 1. The summed E-state index contributed by atoms with van der Waals surface area (Å²) in [6.45, 7) is 4.41. The molecule has 0 spiro atoms. The summed E-state index contributed by atoms with van der Waals surface area (Å²) in [7, 11) is 0. The van der Waals surface area contributed by atoms with Crippen LogP contribution in [0.15, 0.2) is 12.2 Å². The summed E-state index contributed by atoms with van der Waals surface area (Å²) in [6, 6.07) is -0.534. The zero-order valence-electron chi connectivity index (χ0n) is 49.0. The molecular weight excluding hydrogens is 867 g/mol. The highest BCUT2D eigenvalue weighted by Crippen LogP contribution is 2.19. The van der Waals surface area contributed by atoms with Crippen LogP contribution < -0.4 is 5.32 Å². The van der Waals surface area contributed by atoms with Gasteiger partial charge in [-0.25, -0.2) is 0 Å². The van der Waals surface area contributed by atoms with Gasteiger partial charge in [0.05, 0.1) is 18.8 Å². The lowest BCUT2D eigenvalue weighted by Crippen LogP contribution is -2.45. The summed E-state index contributed by atoms with van der Waals surface area (Å²) >= 11 is 0. The number of rotatable bonds is 63. The van der Waals surface area contributed by atoms with Crippen LogP contribution in [0.2, 0.25) is 0 Å². The quantitative estimate of drug-likeness (QED) is 0.0420. The van der Waals surface area contributed by atoms with Crippen molar-refractivity contribution in [3.63, 3.8) is 0 Å². The van der Waals surface area contributed by atoms with Gasteiger partial charge in [-0.15, -0.1) is 0 Å². The minimum atomic E-state index is -0.658. The van der Waals surface area contributed by atoms with Crippen LogP contribution in [0.25, 0.3) is 0 Å². The van der Waals surface area contributed by atoms with Crippen molar-refractivity contribution in [3.8, 4) is 0 Å². The zero-order chi connectivity index (χ0) is 51.3. The average Bonchev–Trinajstić information content (AvgIpc) is 3.37. The Labute approximate surface area is 447 Å². The molecule has 2 atom stereocenters. The first-order valence-electron chi connectivity index (χ1n) is 33.4. The summed E-state index contributed by atoms with van der Waals surface area (Å²) < 4.78 is 0. The van der Waals surface area contributed by atoms with E-state index in [4.69, 9.17) is 0 Å². The van der Waals surface area contributed by atoms with Gasteiger partial charge in [-0.05, 0) is 38.5 Å². The molecule has 0 aromatic carbocycles. The first-order chi connectivity index (χ1) is 35.2. The molecule has 0 aliphatic carbocycles. The topological polar surface area (TPSA) is 69.6 Å². The molecule has 0 radical (unpaired) electrons. The lowest BCUT2D eigenvalue weighted by atomic mass is 10.0. The van der Waals surface area contributed by atoms with Crippen molar-refractivity contribution < 1.29 is 15.0 Å². The fourth-order valence-electron chi connectivity index (χ4n) is 11.0. The maximum absolute atomic E-state index is 12.5. The van der Waals surface area contributed by atoms with Crippen molar-refractivity contribution in [3.05, 3.63) is 12.2 Å². The first kappa shape index (κ1) is 70.1. The van der Waals surface area contributed by atoms with Gasteiger partial charge in [0.15, 0.2) is 0 Å². The minimum Gasteiger partial charge on any atom is -0.394 e. The Hall–Kier alpha value is -0.870. The summed E-state index contributed by atoms with van der Waals surface area (Å²) in [5, 5.41) is 23.4. The molecule has 0 bridgehead atoms. The number of hydrogen-bond acceptors (Lipinski definition) is 3. The second-order valence-electron chi connectivity index (χ2n) is 23.2. The number of nitrogens with one attached hydrogen (secondary N) is 1. The Bertz CT molecular complexity index is 998. The van der Waals surface area contributed by atoms with E-state index in [0.717, 1.165) is 25.7 Å². The Morgan fingerprint density at radius 2 is 0.535 bits per heavy atom. The molecule has 424 valence electrons. The number of carbonyl (C=O) groups excluding carboxylic acids is 1. The second kappa shape index (κ2) is 63.4. The van der Waals surface area contributed by atoms with E-state index in [9.17, 15) is 15.0 Å². The summed E-state index contributed by atoms with van der Waals surface area (Å²) in [5.74, 6) is -0.0213. The van der Waals surface area contributed by atoms with Crippen LogP contribution >= 0.6 is 0 Å². The van der Waals surface area contributed by atoms with Crippen LogP contribution in [0, 0.1) is 0 Å². The molecule has 4 heteroatoms. The lowest BCUT2D eigenvalue weighted by molar-refractivity contribution is -0.123. The molecule has 0 saturated heterocycles. The van der Waals surface area contributed by atoms with Crippen molar-refractivity contribution in [2.45, 2.75) is 405 Å². The van der Waals surface area contributed by atoms with Crippen molar-refractivity contribution in [2.75, 3.05) is 6.61 Å². The van der Waals surface area contributed by atoms with E-state index in [1.807, 2.05) is 0 Å². The molecule has 0 heterocycles. The van der Waals surface area contributed by atoms with Crippen molar-refractivity contribution in [1.82, 2.24) is 5.32 Å². The number of aliphatic hydroxyl groups excluding tert-OH is 2. The molecule has 0 aromatic heterocycles. The fraction of sp³-hybridized carbons (Fsp3) is 0.955.